The van der Waals surface area contributed by atoms with Gasteiger partial charge in [-0.15, -0.1) is 0 Å². The van der Waals surface area contributed by atoms with E-state index in [2.05, 4.69) is 5.32 Å². The number of halogens is 3. The lowest BCUT2D eigenvalue weighted by Crippen LogP contribution is -2.16. The molecule has 0 spiro atoms. The van der Waals surface area contributed by atoms with Crippen LogP contribution in [0.3, 0.4) is 0 Å². The van der Waals surface area contributed by atoms with Gasteiger partial charge in [0, 0.05) is 12.1 Å². The highest BCUT2D eigenvalue weighted by Crippen LogP contribution is 2.29. The number of nitro groups is 1. The molecule has 0 saturated heterocycles. The standard InChI is InChI=1S/C16H13F3N2O3/c1-10-5-6-13(21(23)24)9-14(10)20-15(22)8-11-3-2-4-12(7-11)16(17,18)19/h2-7,9H,8H2,1H3,(H,20,22). The number of aryl methyl sites for hydroxylation is 1. The summed E-state index contributed by atoms with van der Waals surface area (Å²) in [6.07, 6.45) is -4.75. The van der Waals surface area contributed by atoms with E-state index in [0.717, 1.165) is 12.1 Å². The lowest BCUT2D eigenvalue weighted by atomic mass is 10.1. The van der Waals surface area contributed by atoms with E-state index in [1.165, 1.54) is 30.3 Å². The van der Waals surface area contributed by atoms with Gasteiger partial charge in [-0.1, -0.05) is 24.3 Å². The van der Waals surface area contributed by atoms with Gasteiger partial charge in [0.05, 0.1) is 22.6 Å². The van der Waals surface area contributed by atoms with E-state index in [-0.39, 0.29) is 23.4 Å². The van der Waals surface area contributed by atoms with Crippen molar-refractivity contribution >= 4 is 17.3 Å². The Balaban J connectivity index is 2.14. The first-order chi connectivity index (χ1) is 11.2. The van der Waals surface area contributed by atoms with E-state index in [1.807, 2.05) is 0 Å². The van der Waals surface area contributed by atoms with Gasteiger partial charge in [0.25, 0.3) is 5.69 Å². The number of hydrogen-bond donors (Lipinski definition) is 1. The minimum absolute atomic E-state index is 0.185. The molecule has 0 aliphatic carbocycles. The first-order valence-electron chi connectivity index (χ1n) is 6.88. The monoisotopic (exact) mass is 338 g/mol. The Labute approximate surface area is 135 Å². The number of nitro benzene ring substituents is 1. The number of anilines is 1. The summed E-state index contributed by atoms with van der Waals surface area (Å²) in [5, 5.41) is 13.2. The molecule has 0 heterocycles. The van der Waals surface area contributed by atoms with Crippen LogP contribution >= 0.6 is 0 Å². The van der Waals surface area contributed by atoms with Crippen LogP contribution in [-0.4, -0.2) is 10.8 Å². The van der Waals surface area contributed by atoms with Crippen LogP contribution < -0.4 is 5.32 Å². The van der Waals surface area contributed by atoms with Crippen molar-refractivity contribution < 1.29 is 22.9 Å². The van der Waals surface area contributed by atoms with E-state index in [1.54, 1.807) is 6.92 Å². The molecular formula is C16H13F3N2O3. The average Bonchev–Trinajstić information content (AvgIpc) is 2.48. The van der Waals surface area contributed by atoms with Crippen molar-refractivity contribution in [1.82, 2.24) is 0 Å². The zero-order valence-corrected chi connectivity index (χ0v) is 12.6. The minimum atomic E-state index is -4.48. The summed E-state index contributed by atoms with van der Waals surface area (Å²) in [6.45, 7) is 1.66. The third-order valence-electron chi connectivity index (χ3n) is 3.33. The maximum atomic E-state index is 12.7. The number of rotatable bonds is 4. The molecule has 0 bridgehead atoms. The molecule has 126 valence electrons. The Kier molecular flexibility index (Phi) is 4.87. The molecule has 5 nitrogen and oxygen atoms in total. The fraction of sp³-hybridized carbons (Fsp3) is 0.188. The molecule has 0 aliphatic rings. The van der Waals surface area contributed by atoms with Crippen LogP contribution in [0, 0.1) is 17.0 Å². The summed E-state index contributed by atoms with van der Waals surface area (Å²) in [5.41, 5.74) is 0.0406. The van der Waals surface area contributed by atoms with Crippen LogP contribution in [-0.2, 0) is 17.4 Å². The lowest BCUT2D eigenvalue weighted by Gasteiger charge is -2.10. The van der Waals surface area contributed by atoms with E-state index < -0.39 is 22.6 Å². The number of benzene rings is 2. The van der Waals surface area contributed by atoms with Crippen molar-refractivity contribution in [2.45, 2.75) is 19.5 Å². The molecule has 0 aliphatic heterocycles. The van der Waals surface area contributed by atoms with Crippen molar-refractivity contribution in [2.24, 2.45) is 0 Å². The number of non-ortho nitro benzene ring substituents is 1. The molecular weight excluding hydrogens is 325 g/mol. The van der Waals surface area contributed by atoms with Gasteiger partial charge in [0.15, 0.2) is 0 Å². The maximum Gasteiger partial charge on any atom is 0.416 e. The molecule has 2 rings (SSSR count). The Morgan fingerprint density at radius 2 is 1.92 bits per heavy atom. The van der Waals surface area contributed by atoms with E-state index >= 15 is 0 Å². The Morgan fingerprint density at radius 3 is 2.54 bits per heavy atom. The van der Waals surface area contributed by atoms with Gasteiger partial charge in [-0.3, -0.25) is 14.9 Å². The van der Waals surface area contributed by atoms with Crippen molar-refractivity contribution in [3.05, 3.63) is 69.3 Å². The molecule has 0 fully saturated rings. The van der Waals surface area contributed by atoms with Gasteiger partial charge in [-0.2, -0.15) is 13.2 Å². The highest BCUT2D eigenvalue weighted by molar-refractivity contribution is 5.93. The molecule has 0 saturated carbocycles. The van der Waals surface area contributed by atoms with Crippen LogP contribution in [0.25, 0.3) is 0 Å². The maximum absolute atomic E-state index is 12.7. The summed E-state index contributed by atoms with van der Waals surface area (Å²) in [5.74, 6) is -0.557. The first-order valence-corrected chi connectivity index (χ1v) is 6.88. The second-order valence-corrected chi connectivity index (χ2v) is 5.18. The Morgan fingerprint density at radius 1 is 1.21 bits per heavy atom. The Bertz CT molecular complexity index is 788. The van der Waals surface area contributed by atoms with Gasteiger partial charge in [-0.25, -0.2) is 0 Å². The van der Waals surface area contributed by atoms with Gasteiger partial charge >= 0.3 is 6.18 Å². The quantitative estimate of drug-likeness (QED) is 0.674. The van der Waals surface area contributed by atoms with Crippen molar-refractivity contribution in [3.8, 4) is 0 Å². The number of hydrogen-bond acceptors (Lipinski definition) is 3. The molecule has 2 aromatic carbocycles. The number of nitrogens with one attached hydrogen (secondary N) is 1. The number of nitrogens with zero attached hydrogens (tertiary/aromatic N) is 1. The van der Waals surface area contributed by atoms with Crippen molar-refractivity contribution in [1.29, 1.82) is 0 Å². The molecule has 0 aromatic heterocycles. The normalized spacial score (nSPS) is 11.2. The minimum Gasteiger partial charge on any atom is -0.325 e. The molecule has 8 heteroatoms. The highest BCUT2D eigenvalue weighted by Gasteiger charge is 2.30. The second kappa shape index (κ2) is 6.69. The van der Waals surface area contributed by atoms with Gasteiger partial charge in [0.1, 0.15) is 0 Å². The number of amides is 1. The zero-order valence-electron chi connectivity index (χ0n) is 12.6. The van der Waals surface area contributed by atoms with E-state index in [4.69, 9.17) is 0 Å². The SMILES string of the molecule is Cc1ccc([N+](=O)[O-])cc1NC(=O)Cc1cccc(C(F)(F)F)c1. The average molecular weight is 338 g/mol. The summed E-state index contributed by atoms with van der Waals surface area (Å²) < 4.78 is 38.0. The highest BCUT2D eigenvalue weighted by atomic mass is 19.4. The fourth-order valence-electron chi connectivity index (χ4n) is 2.10. The van der Waals surface area contributed by atoms with E-state index in [9.17, 15) is 28.1 Å². The predicted molar refractivity (Wildman–Crippen MR) is 81.6 cm³/mol. The first kappa shape index (κ1) is 17.5. The van der Waals surface area contributed by atoms with Gasteiger partial charge < -0.3 is 5.32 Å². The van der Waals surface area contributed by atoms with Crippen LogP contribution in [0.4, 0.5) is 24.5 Å². The number of alkyl halides is 3. The molecule has 0 unspecified atom stereocenters. The van der Waals surface area contributed by atoms with Crippen LogP contribution in [0.15, 0.2) is 42.5 Å². The van der Waals surface area contributed by atoms with Crippen LogP contribution in [0.5, 0.6) is 0 Å². The van der Waals surface area contributed by atoms with Crippen molar-refractivity contribution in [2.75, 3.05) is 5.32 Å². The summed E-state index contributed by atoms with van der Waals surface area (Å²) in [6, 6.07) is 8.46. The second-order valence-electron chi connectivity index (χ2n) is 5.18. The zero-order chi connectivity index (χ0) is 17.9. The summed E-state index contributed by atoms with van der Waals surface area (Å²) >= 11 is 0. The molecule has 0 radical (unpaired) electrons. The van der Waals surface area contributed by atoms with Crippen LogP contribution in [0.1, 0.15) is 16.7 Å². The molecule has 24 heavy (non-hydrogen) atoms. The Hall–Kier alpha value is -2.90. The molecule has 1 amide bonds. The third kappa shape index (κ3) is 4.31. The molecule has 0 atom stereocenters. The van der Waals surface area contributed by atoms with Gasteiger partial charge in [0.2, 0.25) is 5.91 Å². The molecule has 1 N–H and O–H groups in total. The third-order valence-corrected chi connectivity index (χ3v) is 3.33. The largest absolute Gasteiger partial charge is 0.416 e. The summed E-state index contributed by atoms with van der Waals surface area (Å²) in [4.78, 5) is 22.2. The fourth-order valence-corrected chi connectivity index (χ4v) is 2.10. The number of carbonyl (C=O) groups excluding carboxylic acids is 1. The lowest BCUT2D eigenvalue weighted by molar-refractivity contribution is -0.384. The van der Waals surface area contributed by atoms with Crippen molar-refractivity contribution in [3.63, 3.8) is 0 Å². The van der Waals surface area contributed by atoms with Crippen LogP contribution in [0.2, 0.25) is 0 Å². The summed E-state index contributed by atoms with van der Waals surface area (Å²) in [7, 11) is 0. The number of carbonyl (C=O) groups is 1. The van der Waals surface area contributed by atoms with E-state index in [0.29, 0.717) is 5.56 Å². The van der Waals surface area contributed by atoms with Gasteiger partial charge in [-0.05, 0) is 24.1 Å². The topological polar surface area (TPSA) is 72.2 Å². The smallest absolute Gasteiger partial charge is 0.325 e. The predicted octanol–water partition coefficient (Wildman–Crippen LogP) is 4.10. The molecule has 2 aromatic rings.